The molecule has 3 N–H and O–H groups in total. The van der Waals surface area contributed by atoms with Gasteiger partial charge in [0.25, 0.3) is 5.91 Å². The van der Waals surface area contributed by atoms with Crippen molar-refractivity contribution in [2.24, 2.45) is 0 Å². The van der Waals surface area contributed by atoms with Crippen molar-refractivity contribution in [1.29, 1.82) is 0 Å². The van der Waals surface area contributed by atoms with Gasteiger partial charge in [0, 0.05) is 24.3 Å². The van der Waals surface area contributed by atoms with Crippen LogP contribution in [0.2, 0.25) is 0 Å². The first kappa shape index (κ1) is 23.2. The number of benzene rings is 1. The summed E-state index contributed by atoms with van der Waals surface area (Å²) in [5.74, 6) is -1.20. The fourth-order valence-electron chi connectivity index (χ4n) is 2.62. The molecule has 0 aliphatic carbocycles. The number of aliphatic hydroxyl groups excluding tert-OH is 1. The number of carbonyl (C=O) groups is 2. The van der Waals surface area contributed by atoms with E-state index in [4.69, 9.17) is 5.11 Å². The molecule has 1 unspecified atom stereocenters. The average Bonchev–Trinajstić information content (AvgIpc) is 2.79. The summed E-state index contributed by atoms with van der Waals surface area (Å²) in [4.78, 5) is 32.7. The molecule has 0 fully saturated rings. The molecule has 0 radical (unpaired) electrons. The minimum Gasteiger partial charge on any atom is -0.387 e. The summed E-state index contributed by atoms with van der Waals surface area (Å²) >= 11 is 1.07. The highest BCUT2D eigenvalue weighted by Crippen LogP contribution is 2.34. The fourth-order valence-corrected chi connectivity index (χ4v) is 3.74. The van der Waals surface area contributed by atoms with Crippen LogP contribution in [0.5, 0.6) is 0 Å². The third-order valence-electron chi connectivity index (χ3n) is 4.16. The monoisotopic (exact) mass is 462 g/mol. The van der Waals surface area contributed by atoms with Crippen LogP contribution < -0.4 is 10.6 Å². The number of nitrogens with one attached hydrogen (secondary N) is 2. The molecule has 0 saturated heterocycles. The lowest BCUT2D eigenvalue weighted by Crippen LogP contribution is -2.29. The highest BCUT2D eigenvalue weighted by Gasteiger charge is 2.30. The van der Waals surface area contributed by atoms with Gasteiger partial charge in [0.05, 0.1) is 11.1 Å². The second-order valence-electron chi connectivity index (χ2n) is 6.39. The largest absolute Gasteiger partial charge is 0.416 e. The van der Waals surface area contributed by atoms with Crippen molar-refractivity contribution < 1.29 is 27.9 Å². The van der Waals surface area contributed by atoms with E-state index in [-0.39, 0.29) is 16.3 Å². The minimum absolute atomic E-state index is 0.162. The summed E-state index contributed by atoms with van der Waals surface area (Å²) in [6.45, 7) is -0.717. The van der Waals surface area contributed by atoms with Gasteiger partial charge in [0.15, 0.2) is 0 Å². The zero-order valence-electron chi connectivity index (χ0n) is 16.3. The Kier molecular flexibility index (Phi) is 7.44. The van der Waals surface area contributed by atoms with Gasteiger partial charge in [-0.3, -0.25) is 14.6 Å². The third kappa shape index (κ3) is 6.05. The molecule has 3 rings (SSSR count). The molecule has 7 nitrogen and oxygen atoms in total. The van der Waals surface area contributed by atoms with E-state index in [2.05, 4.69) is 20.6 Å². The van der Waals surface area contributed by atoms with E-state index in [1.807, 2.05) is 0 Å². The summed E-state index contributed by atoms with van der Waals surface area (Å²) in [6, 6.07) is 10.4. The number of thioether (sulfide) groups is 1. The van der Waals surface area contributed by atoms with E-state index in [9.17, 15) is 22.8 Å². The SMILES string of the molecule is O=C(CO)NC(Sc1ncccc1C(=O)Nc1ccc(C(F)(F)F)cc1)c1ccncc1. The van der Waals surface area contributed by atoms with Gasteiger partial charge >= 0.3 is 6.18 Å². The molecule has 0 spiro atoms. The zero-order chi connectivity index (χ0) is 23.1. The van der Waals surface area contributed by atoms with Crippen LogP contribution >= 0.6 is 11.8 Å². The van der Waals surface area contributed by atoms with Crippen molar-refractivity contribution in [3.8, 4) is 0 Å². The predicted octanol–water partition coefficient (Wildman–Crippen LogP) is 3.65. The van der Waals surface area contributed by atoms with Crippen molar-refractivity contribution in [1.82, 2.24) is 15.3 Å². The van der Waals surface area contributed by atoms with Gasteiger partial charge in [0.1, 0.15) is 17.0 Å². The number of alkyl halides is 3. The van der Waals surface area contributed by atoms with E-state index in [0.717, 1.165) is 36.0 Å². The molecule has 0 aliphatic rings. The fraction of sp³-hybridized carbons (Fsp3) is 0.143. The third-order valence-corrected chi connectivity index (χ3v) is 5.33. The molecule has 0 aliphatic heterocycles. The molecule has 166 valence electrons. The van der Waals surface area contributed by atoms with Gasteiger partial charge in [-0.1, -0.05) is 11.8 Å². The Morgan fingerprint density at radius 1 is 1.03 bits per heavy atom. The molecule has 2 heterocycles. The Hall–Kier alpha value is -3.44. The van der Waals surface area contributed by atoms with Crippen LogP contribution in [0, 0.1) is 0 Å². The normalized spacial score (nSPS) is 12.1. The highest BCUT2D eigenvalue weighted by molar-refractivity contribution is 7.99. The molecule has 3 aromatic rings. The Morgan fingerprint density at radius 3 is 2.34 bits per heavy atom. The standard InChI is InChI=1S/C21H17F3N4O3S/c22-21(23,24)14-3-5-15(6-4-14)27-18(31)16-2-1-9-26-20(16)32-19(28-17(30)12-29)13-7-10-25-11-8-13/h1-11,19,29H,12H2,(H,27,31)(H,28,30). The zero-order valence-corrected chi connectivity index (χ0v) is 17.2. The van der Waals surface area contributed by atoms with Crippen LogP contribution in [-0.2, 0) is 11.0 Å². The highest BCUT2D eigenvalue weighted by atomic mass is 32.2. The maximum atomic E-state index is 12.8. The van der Waals surface area contributed by atoms with Crippen molar-refractivity contribution in [2.45, 2.75) is 16.6 Å². The van der Waals surface area contributed by atoms with Gasteiger partial charge in [-0.25, -0.2) is 4.98 Å². The number of amides is 2. The number of aromatic nitrogens is 2. The number of pyridine rings is 2. The molecule has 32 heavy (non-hydrogen) atoms. The smallest absolute Gasteiger partial charge is 0.387 e. The van der Waals surface area contributed by atoms with Gasteiger partial charge in [-0.15, -0.1) is 0 Å². The topological polar surface area (TPSA) is 104 Å². The molecule has 2 aromatic heterocycles. The van der Waals surface area contributed by atoms with E-state index in [1.54, 1.807) is 18.2 Å². The number of rotatable bonds is 7. The Bertz CT molecular complexity index is 1080. The number of anilines is 1. The van der Waals surface area contributed by atoms with Crippen LogP contribution in [0.25, 0.3) is 0 Å². The molecule has 11 heteroatoms. The van der Waals surface area contributed by atoms with Crippen LogP contribution in [0.15, 0.2) is 72.1 Å². The molecule has 0 bridgehead atoms. The Labute approximate surface area is 185 Å². The lowest BCUT2D eigenvalue weighted by atomic mass is 10.2. The summed E-state index contributed by atoms with van der Waals surface area (Å²) in [6.07, 6.45) is 0.0562. The van der Waals surface area contributed by atoms with Crippen LogP contribution in [0.4, 0.5) is 18.9 Å². The van der Waals surface area contributed by atoms with Crippen LogP contribution in [0.1, 0.15) is 26.9 Å². The Balaban J connectivity index is 1.82. The maximum Gasteiger partial charge on any atom is 0.416 e. The van der Waals surface area contributed by atoms with Crippen LogP contribution in [-0.4, -0.2) is 33.5 Å². The summed E-state index contributed by atoms with van der Waals surface area (Å²) < 4.78 is 38.2. The van der Waals surface area contributed by atoms with Gasteiger partial charge in [0.2, 0.25) is 5.91 Å². The van der Waals surface area contributed by atoms with Crippen molar-refractivity contribution >= 4 is 29.3 Å². The predicted molar refractivity (Wildman–Crippen MR) is 112 cm³/mol. The number of aliphatic hydroxyl groups is 1. The first-order valence-corrected chi connectivity index (χ1v) is 10.1. The summed E-state index contributed by atoms with van der Waals surface area (Å²) in [5, 5.41) is 13.9. The molecule has 0 saturated carbocycles. The quantitative estimate of drug-likeness (QED) is 0.366. The first-order valence-electron chi connectivity index (χ1n) is 9.18. The molecule has 1 aromatic carbocycles. The lowest BCUT2D eigenvalue weighted by Gasteiger charge is -2.19. The maximum absolute atomic E-state index is 12.8. The number of hydrogen-bond donors (Lipinski definition) is 3. The Morgan fingerprint density at radius 2 is 1.72 bits per heavy atom. The van der Waals surface area contributed by atoms with E-state index in [1.165, 1.54) is 24.7 Å². The number of halogens is 3. The van der Waals surface area contributed by atoms with Crippen molar-refractivity contribution in [3.05, 3.63) is 83.8 Å². The average molecular weight is 462 g/mol. The van der Waals surface area contributed by atoms with Crippen molar-refractivity contribution in [2.75, 3.05) is 11.9 Å². The van der Waals surface area contributed by atoms with Crippen LogP contribution in [0.3, 0.4) is 0 Å². The van der Waals surface area contributed by atoms with Crippen molar-refractivity contribution in [3.63, 3.8) is 0 Å². The molecular formula is C21H17F3N4O3S. The minimum atomic E-state index is -4.48. The first-order chi connectivity index (χ1) is 15.3. The molecule has 1 atom stereocenters. The van der Waals surface area contributed by atoms with E-state index >= 15 is 0 Å². The summed E-state index contributed by atoms with van der Waals surface area (Å²) in [7, 11) is 0. The van der Waals surface area contributed by atoms with E-state index < -0.39 is 35.5 Å². The molecule has 2 amide bonds. The summed E-state index contributed by atoms with van der Waals surface area (Å²) in [5.41, 5.74) is 0.177. The van der Waals surface area contributed by atoms with Gasteiger partial charge in [-0.05, 0) is 54.1 Å². The number of hydrogen-bond acceptors (Lipinski definition) is 6. The second-order valence-corrected chi connectivity index (χ2v) is 7.48. The number of nitrogens with zero attached hydrogens (tertiary/aromatic N) is 2. The number of carbonyl (C=O) groups excluding carboxylic acids is 2. The second kappa shape index (κ2) is 10.2. The van der Waals surface area contributed by atoms with Gasteiger partial charge in [-0.2, -0.15) is 13.2 Å². The van der Waals surface area contributed by atoms with E-state index in [0.29, 0.717) is 5.56 Å². The molecular weight excluding hydrogens is 445 g/mol. The van der Waals surface area contributed by atoms with Gasteiger partial charge < -0.3 is 15.7 Å². The lowest BCUT2D eigenvalue weighted by molar-refractivity contribution is -0.137.